The first-order chi connectivity index (χ1) is 6.43. The Morgan fingerprint density at radius 1 is 1.31 bits per heavy atom. The summed E-state index contributed by atoms with van der Waals surface area (Å²) >= 11 is 1.92. The second-order valence-electron chi connectivity index (χ2n) is 3.48. The van der Waals surface area contributed by atoms with Crippen LogP contribution in [-0.2, 0) is 0 Å². The standard InChI is InChI=1S/C11H11NS/c1-2-4-10-8(3-1)7-11(13-10)9-5-6-12-9/h1-4,7,9,12H,5-6H2. The lowest BCUT2D eigenvalue weighted by molar-refractivity contribution is 0.389. The molecule has 0 aliphatic carbocycles. The second kappa shape index (κ2) is 2.82. The summed E-state index contributed by atoms with van der Waals surface area (Å²) in [5.74, 6) is 0. The second-order valence-corrected chi connectivity index (χ2v) is 4.60. The fraction of sp³-hybridized carbons (Fsp3) is 0.273. The van der Waals surface area contributed by atoms with Crippen molar-refractivity contribution in [2.45, 2.75) is 12.5 Å². The van der Waals surface area contributed by atoms with E-state index in [1.165, 1.54) is 27.9 Å². The fourth-order valence-corrected chi connectivity index (χ4v) is 2.88. The maximum atomic E-state index is 3.43. The van der Waals surface area contributed by atoms with E-state index in [1.807, 2.05) is 11.3 Å². The van der Waals surface area contributed by atoms with E-state index < -0.39 is 0 Å². The molecule has 1 aliphatic rings. The van der Waals surface area contributed by atoms with Gasteiger partial charge >= 0.3 is 0 Å². The molecule has 1 atom stereocenters. The summed E-state index contributed by atoms with van der Waals surface area (Å²) in [5, 5.41) is 4.82. The van der Waals surface area contributed by atoms with Gasteiger partial charge < -0.3 is 5.32 Å². The summed E-state index contributed by atoms with van der Waals surface area (Å²) in [7, 11) is 0. The summed E-state index contributed by atoms with van der Waals surface area (Å²) in [5.41, 5.74) is 0. The van der Waals surface area contributed by atoms with Crippen LogP contribution in [0.25, 0.3) is 10.1 Å². The Morgan fingerprint density at radius 3 is 2.85 bits per heavy atom. The van der Waals surface area contributed by atoms with Crippen LogP contribution in [0.3, 0.4) is 0 Å². The predicted molar refractivity (Wildman–Crippen MR) is 57.2 cm³/mol. The van der Waals surface area contributed by atoms with E-state index in [2.05, 4.69) is 35.6 Å². The molecule has 0 spiro atoms. The predicted octanol–water partition coefficient (Wildman–Crippen LogP) is 2.94. The minimum Gasteiger partial charge on any atom is -0.309 e. The van der Waals surface area contributed by atoms with Crippen molar-refractivity contribution in [1.82, 2.24) is 5.32 Å². The zero-order chi connectivity index (χ0) is 8.67. The monoisotopic (exact) mass is 189 g/mol. The number of hydrogen-bond acceptors (Lipinski definition) is 2. The van der Waals surface area contributed by atoms with Crippen molar-refractivity contribution in [1.29, 1.82) is 0 Å². The Kier molecular flexibility index (Phi) is 1.64. The first-order valence-electron chi connectivity index (χ1n) is 4.65. The molecule has 1 saturated heterocycles. The number of hydrogen-bond donors (Lipinski definition) is 1. The van der Waals surface area contributed by atoms with Crippen LogP contribution in [0.2, 0.25) is 0 Å². The third kappa shape index (κ3) is 1.18. The van der Waals surface area contributed by atoms with Crippen molar-refractivity contribution in [2.24, 2.45) is 0 Å². The Morgan fingerprint density at radius 2 is 2.15 bits per heavy atom. The Labute approximate surface area is 81.4 Å². The SMILES string of the molecule is c1ccc2sc(C3CCN3)cc2c1. The summed E-state index contributed by atoms with van der Waals surface area (Å²) in [4.78, 5) is 1.49. The van der Waals surface area contributed by atoms with Gasteiger partial charge in [-0.3, -0.25) is 0 Å². The molecule has 2 heteroatoms. The van der Waals surface area contributed by atoms with Gasteiger partial charge in [-0.05, 0) is 30.5 Å². The molecule has 1 aromatic heterocycles. The number of fused-ring (bicyclic) bond motifs is 1. The highest BCUT2D eigenvalue weighted by molar-refractivity contribution is 7.19. The highest BCUT2D eigenvalue weighted by atomic mass is 32.1. The highest BCUT2D eigenvalue weighted by Gasteiger charge is 2.20. The lowest BCUT2D eigenvalue weighted by Gasteiger charge is -2.26. The molecule has 13 heavy (non-hydrogen) atoms. The topological polar surface area (TPSA) is 12.0 Å². The minimum atomic E-state index is 0.636. The van der Waals surface area contributed by atoms with Gasteiger partial charge in [-0.2, -0.15) is 0 Å². The number of nitrogens with one attached hydrogen (secondary N) is 1. The minimum absolute atomic E-state index is 0.636. The largest absolute Gasteiger partial charge is 0.309 e. The molecule has 1 N–H and O–H groups in total. The van der Waals surface area contributed by atoms with Gasteiger partial charge in [0.15, 0.2) is 0 Å². The lowest BCUT2D eigenvalue weighted by Crippen LogP contribution is -2.34. The first-order valence-corrected chi connectivity index (χ1v) is 5.47. The van der Waals surface area contributed by atoms with Crippen LogP contribution in [0.1, 0.15) is 17.3 Å². The van der Waals surface area contributed by atoms with Gasteiger partial charge in [0, 0.05) is 15.6 Å². The average molecular weight is 189 g/mol. The van der Waals surface area contributed by atoms with Crippen LogP contribution in [0.5, 0.6) is 0 Å². The van der Waals surface area contributed by atoms with E-state index in [1.54, 1.807) is 0 Å². The van der Waals surface area contributed by atoms with Crippen molar-refractivity contribution in [3.05, 3.63) is 35.2 Å². The van der Waals surface area contributed by atoms with Crippen LogP contribution in [0, 0.1) is 0 Å². The molecule has 0 amide bonds. The van der Waals surface area contributed by atoms with Crippen LogP contribution < -0.4 is 5.32 Å². The Hall–Kier alpha value is -0.860. The fourth-order valence-electron chi connectivity index (χ4n) is 1.71. The van der Waals surface area contributed by atoms with E-state index in [9.17, 15) is 0 Å². The summed E-state index contributed by atoms with van der Waals surface area (Å²) in [6.07, 6.45) is 1.30. The molecular formula is C11H11NS. The lowest BCUT2D eigenvalue weighted by atomic mass is 10.1. The molecule has 1 nitrogen and oxygen atoms in total. The molecule has 2 heterocycles. The maximum absolute atomic E-state index is 3.43. The molecule has 0 saturated carbocycles. The van der Waals surface area contributed by atoms with Crippen LogP contribution in [0.4, 0.5) is 0 Å². The third-order valence-electron chi connectivity index (χ3n) is 2.61. The smallest absolute Gasteiger partial charge is 0.0427 e. The zero-order valence-corrected chi connectivity index (χ0v) is 8.10. The van der Waals surface area contributed by atoms with Crippen molar-refractivity contribution in [2.75, 3.05) is 6.54 Å². The molecule has 1 unspecified atom stereocenters. The molecular weight excluding hydrogens is 178 g/mol. The summed E-state index contributed by atoms with van der Waals surface area (Å²) in [6.45, 7) is 1.18. The quantitative estimate of drug-likeness (QED) is 0.727. The van der Waals surface area contributed by atoms with E-state index in [4.69, 9.17) is 0 Å². The first kappa shape index (κ1) is 7.54. The summed E-state index contributed by atoms with van der Waals surface area (Å²) < 4.78 is 1.41. The van der Waals surface area contributed by atoms with Crippen molar-refractivity contribution in [3.8, 4) is 0 Å². The number of thiophene rings is 1. The van der Waals surface area contributed by atoms with E-state index in [-0.39, 0.29) is 0 Å². The Balaban J connectivity index is 2.10. The van der Waals surface area contributed by atoms with Gasteiger partial charge in [-0.25, -0.2) is 0 Å². The van der Waals surface area contributed by atoms with Crippen LogP contribution in [0.15, 0.2) is 30.3 Å². The maximum Gasteiger partial charge on any atom is 0.0427 e. The van der Waals surface area contributed by atoms with Crippen LogP contribution in [-0.4, -0.2) is 6.54 Å². The highest BCUT2D eigenvalue weighted by Crippen LogP contribution is 2.33. The molecule has 0 bridgehead atoms. The normalized spacial score (nSPS) is 21.7. The Bertz CT molecular complexity index is 395. The molecule has 1 aromatic carbocycles. The molecule has 1 aliphatic heterocycles. The van der Waals surface area contributed by atoms with E-state index in [0.29, 0.717) is 6.04 Å². The van der Waals surface area contributed by atoms with Gasteiger partial charge in [-0.1, -0.05) is 18.2 Å². The van der Waals surface area contributed by atoms with Gasteiger partial charge in [0.1, 0.15) is 0 Å². The zero-order valence-electron chi connectivity index (χ0n) is 7.29. The van der Waals surface area contributed by atoms with Gasteiger partial charge in [0.05, 0.1) is 0 Å². The van der Waals surface area contributed by atoms with E-state index >= 15 is 0 Å². The van der Waals surface area contributed by atoms with Crippen molar-refractivity contribution < 1.29 is 0 Å². The van der Waals surface area contributed by atoms with E-state index in [0.717, 1.165) is 0 Å². The molecule has 0 radical (unpaired) electrons. The average Bonchev–Trinajstić information content (AvgIpc) is 2.43. The molecule has 3 rings (SSSR count). The summed E-state index contributed by atoms with van der Waals surface area (Å²) in [6, 6.07) is 11.6. The number of rotatable bonds is 1. The molecule has 66 valence electrons. The van der Waals surface area contributed by atoms with Crippen molar-refractivity contribution in [3.63, 3.8) is 0 Å². The third-order valence-corrected chi connectivity index (χ3v) is 3.84. The van der Waals surface area contributed by atoms with Gasteiger partial charge in [0.2, 0.25) is 0 Å². The van der Waals surface area contributed by atoms with Gasteiger partial charge in [0.25, 0.3) is 0 Å². The molecule has 1 fully saturated rings. The van der Waals surface area contributed by atoms with Gasteiger partial charge in [-0.15, -0.1) is 11.3 Å². The number of benzene rings is 1. The molecule has 2 aromatic rings. The van der Waals surface area contributed by atoms with Crippen molar-refractivity contribution >= 4 is 21.4 Å². The van der Waals surface area contributed by atoms with Crippen LogP contribution >= 0.6 is 11.3 Å².